The first kappa shape index (κ1) is 13.9. The van der Waals surface area contributed by atoms with Gasteiger partial charge in [-0.15, -0.1) is 0 Å². The molecule has 0 saturated carbocycles. The number of nitrogens with zero attached hydrogens (tertiary/aromatic N) is 4. The van der Waals surface area contributed by atoms with Crippen molar-refractivity contribution in [1.29, 1.82) is 0 Å². The highest BCUT2D eigenvalue weighted by atomic mass is 16.4. The molecule has 0 amide bonds. The monoisotopic (exact) mass is 264 g/mol. The van der Waals surface area contributed by atoms with E-state index in [2.05, 4.69) is 21.8 Å². The van der Waals surface area contributed by atoms with Crippen molar-refractivity contribution in [3.05, 3.63) is 24.3 Å². The molecular formula is C13H20N4O2. The molecule has 2 rings (SSSR count). The molecule has 2 heterocycles. The summed E-state index contributed by atoms with van der Waals surface area (Å²) in [6.45, 7) is 5.72. The van der Waals surface area contributed by atoms with Gasteiger partial charge in [-0.3, -0.25) is 24.6 Å². The van der Waals surface area contributed by atoms with Crippen molar-refractivity contribution >= 4 is 5.97 Å². The Morgan fingerprint density at radius 3 is 2.89 bits per heavy atom. The van der Waals surface area contributed by atoms with E-state index in [1.807, 2.05) is 4.90 Å². The van der Waals surface area contributed by atoms with Crippen LogP contribution in [0.15, 0.2) is 18.6 Å². The van der Waals surface area contributed by atoms with Crippen molar-refractivity contribution in [2.24, 2.45) is 0 Å². The number of carbonyl (C=O) groups is 1. The fraction of sp³-hybridized carbons (Fsp3) is 0.615. The lowest BCUT2D eigenvalue weighted by Crippen LogP contribution is -2.35. The molecule has 0 radical (unpaired) electrons. The molecule has 0 spiro atoms. The minimum Gasteiger partial charge on any atom is -0.480 e. The molecule has 0 bridgehead atoms. The molecule has 1 aliphatic heterocycles. The van der Waals surface area contributed by atoms with E-state index < -0.39 is 5.97 Å². The third kappa shape index (κ3) is 3.97. The topological polar surface area (TPSA) is 69.6 Å². The molecule has 104 valence electrons. The van der Waals surface area contributed by atoms with Crippen molar-refractivity contribution < 1.29 is 9.90 Å². The van der Waals surface area contributed by atoms with Crippen molar-refractivity contribution in [3.8, 4) is 0 Å². The van der Waals surface area contributed by atoms with E-state index in [-0.39, 0.29) is 12.6 Å². The van der Waals surface area contributed by atoms with Crippen LogP contribution in [0.3, 0.4) is 0 Å². The number of hydrogen-bond acceptors (Lipinski definition) is 5. The van der Waals surface area contributed by atoms with Crippen LogP contribution in [0.5, 0.6) is 0 Å². The van der Waals surface area contributed by atoms with Gasteiger partial charge in [-0.1, -0.05) is 0 Å². The lowest BCUT2D eigenvalue weighted by Gasteiger charge is -2.26. The van der Waals surface area contributed by atoms with Gasteiger partial charge in [-0.2, -0.15) is 0 Å². The number of carboxylic acids is 1. The molecule has 6 heteroatoms. The average Bonchev–Trinajstić information content (AvgIpc) is 2.64. The van der Waals surface area contributed by atoms with Crippen LogP contribution in [0, 0.1) is 0 Å². The quantitative estimate of drug-likeness (QED) is 0.860. The largest absolute Gasteiger partial charge is 0.480 e. The van der Waals surface area contributed by atoms with Crippen LogP contribution < -0.4 is 0 Å². The molecule has 1 aliphatic rings. The Balaban J connectivity index is 1.93. The van der Waals surface area contributed by atoms with Gasteiger partial charge in [0.05, 0.1) is 18.3 Å². The molecule has 1 N–H and O–H groups in total. The van der Waals surface area contributed by atoms with Crippen molar-refractivity contribution in [2.75, 3.05) is 32.7 Å². The van der Waals surface area contributed by atoms with Gasteiger partial charge in [0.15, 0.2) is 0 Å². The summed E-state index contributed by atoms with van der Waals surface area (Å²) in [5.74, 6) is -0.754. The first-order chi connectivity index (χ1) is 9.16. The number of aliphatic carboxylic acids is 1. The van der Waals surface area contributed by atoms with Crippen LogP contribution in [0.25, 0.3) is 0 Å². The molecule has 1 saturated heterocycles. The molecule has 1 unspecified atom stereocenters. The summed E-state index contributed by atoms with van der Waals surface area (Å²) in [5, 5.41) is 8.84. The predicted octanol–water partition coefficient (Wildman–Crippen LogP) is 0.630. The summed E-state index contributed by atoms with van der Waals surface area (Å²) < 4.78 is 0. The van der Waals surface area contributed by atoms with Gasteiger partial charge in [0.1, 0.15) is 0 Å². The van der Waals surface area contributed by atoms with Gasteiger partial charge in [0.2, 0.25) is 0 Å². The summed E-state index contributed by atoms with van der Waals surface area (Å²) >= 11 is 0. The summed E-state index contributed by atoms with van der Waals surface area (Å²) in [6, 6.07) is 0.221. The fourth-order valence-corrected chi connectivity index (χ4v) is 2.44. The second-order valence-corrected chi connectivity index (χ2v) is 4.87. The van der Waals surface area contributed by atoms with Crippen molar-refractivity contribution in [2.45, 2.75) is 19.4 Å². The Labute approximate surface area is 113 Å². The molecule has 1 aromatic rings. The van der Waals surface area contributed by atoms with Gasteiger partial charge in [0, 0.05) is 44.8 Å². The predicted molar refractivity (Wildman–Crippen MR) is 70.7 cm³/mol. The SMILES string of the molecule is CC(c1cnccn1)N1CCCN(CC(=O)O)CC1. The molecule has 1 aromatic heterocycles. The summed E-state index contributed by atoms with van der Waals surface area (Å²) in [7, 11) is 0. The van der Waals surface area contributed by atoms with Gasteiger partial charge >= 0.3 is 5.97 Å². The third-order valence-electron chi connectivity index (χ3n) is 3.54. The van der Waals surface area contributed by atoms with Gasteiger partial charge < -0.3 is 5.11 Å². The standard InChI is InChI=1S/C13H20N4O2/c1-11(12-9-14-3-4-15-12)17-6-2-5-16(7-8-17)10-13(18)19/h3-4,9,11H,2,5-8,10H2,1H3,(H,18,19). The highest BCUT2D eigenvalue weighted by Gasteiger charge is 2.21. The Morgan fingerprint density at radius 1 is 1.37 bits per heavy atom. The van der Waals surface area contributed by atoms with E-state index in [0.717, 1.165) is 38.3 Å². The molecule has 1 fully saturated rings. The van der Waals surface area contributed by atoms with E-state index in [1.54, 1.807) is 18.6 Å². The van der Waals surface area contributed by atoms with Gasteiger partial charge in [0.25, 0.3) is 0 Å². The second-order valence-electron chi connectivity index (χ2n) is 4.87. The third-order valence-corrected chi connectivity index (χ3v) is 3.54. The van der Waals surface area contributed by atoms with Crippen LogP contribution in [0.2, 0.25) is 0 Å². The number of aromatic nitrogens is 2. The van der Waals surface area contributed by atoms with E-state index >= 15 is 0 Å². The minimum atomic E-state index is -0.754. The normalized spacial score (nSPS) is 19.8. The van der Waals surface area contributed by atoms with Crippen molar-refractivity contribution in [3.63, 3.8) is 0 Å². The summed E-state index contributed by atoms with van der Waals surface area (Å²) in [4.78, 5) is 23.5. The minimum absolute atomic E-state index is 0.132. The maximum Gasteiger partial charge on any atom is 0.317 e. The lowest BCUT2D eigenvalue weighted by molar-refractivity contribution is -0.138. The van der Waals surface area contributed by atoms with Gasteiger partial charge in [-0.05, 0) is 13.3 Å². The van der Waals surface area contributed by atoms with Gasteiger partial charge in [-0.25, -0.2) is 0 Å². The maximum atomic E-state index is 10.7. The Morgan fingerprint density at radius 2 is 2.21 bits per heavy atom. The molecule has 6 nitrogen and oxygen atoms in total. The molecule has 1 atom stereocenters. The van der Waals surface area contributed by atoms with E-state index in [0.29, 0.717) is 0 Å². The number of carboxylic acid groups (broad SMARTS) is 1. The van der Waals surface area contributed by atoms with Crippen molar-refractivity contribution in [1.82, 2.24) is 19.8 Å². The number of hydrogen-bond donors (Lipinski definition) is 1. The first-order valence-electron chi connectivity index (χ1n) is 6.61. The Hall–Kier alpha value is -1.53. The number of rotatable bonds is 4. The summed E-state index contributed by atoms with van der Waals surface area (Å²) in [5.41, 5.74) is 0.967. The molecular weight excluding hydrogens is 244 g/mol. The first-order valence-corrected chi connectivity index (χ1v) is 6.61. The zero-order valence-corrected chi connectivity index (χ0v) is 11.2. The van der Waals surface area contributed by atoms with Crippen LogP contribution in [0.1, 0.15) is 25.1 Å². The van der Waals surface area contributed by atoms with E-state index in [4.69, 9.17) is 5.11 Å². The smallest absolute Gasteiger partial charge is 0.317 e. The second kappa shape index (κ2) is 6.58. The zero-order chi connectivity index (χ0) is 13.7. The highest BCUT2D eigenvalue weighted by Crippen LogP contribution is 2.18. The van der Waals surface area contributed by atoms with E-state index in [9.17, 15) is 4.79 Å². The maximum absolute atomic E-state index is 10.7. The summed E-state index contributed by atoms with van der Waals surface area (Å²) in [6.07, 6.45) is 6.16. The average molecular weight is 264 g/mol. The lowest BCUT2D eigenvalue weighted by atomic mass is 10.2. The van der Waals surface area contributed by atoms with Crippen LogP contribution in [-0.2, 0) is 4.79 Å². The molecule has 0 aliphatic carbocycles. The molecule has 19 heavy (non-hydrogen) atoms. The molecule has 0 aromatic carbocycles. The van der Waals surface area contributed by atoms with Crippen LogP contribution >= 0.6 is 0 Å². The fourth-order valence-electron chi connectivity index (χ4n) is 2.44. The van der Waals surface area contributed by atoms with Crippen LogP contribution in [0.4, 0.5) is 0 Å². The highest BCUT2D eigenvalue weighted by molar-refractivity contribution is 5.69. The Bertz CT molecular complexity index is 412. The Kier molecular flexibility index (Phi) is 4.81. The van der Waals surface area contributed by atoms with E-state index in [1.165, 1.54) is 0 Å². The van der Waals surface area contributed by atoms with Crippen LogP contribution in [-0.4, -0.2) is 63.6 Å². The zero-order valence-electron chi connectivity index (χ0n) is 11.2.